The fourth-order valence-electron chi connectivity index (χ4n) is 2.39. The van der Waals surface area contributed by atoms with Gasteiger partial charge in [0.15, 0.2) is 0 Å². The van der Waals surface area contributed by atoms with Crippen LogP contribution in [0.15, 0.2) is 30.5 Å². The molecule has 1 aromatic carbocycles. The van der Waals surface area contributed by atoms with Crippen LogP contribution in [0.5, 0.6) is 5.75 Å². The fraction of sp³-hybridized carbons (Fsp3) is 0.0714. The van der Waals surface area contributed by atoms with Crippen molar-refractivity contribution < 1.29 is 5.11 Å². The van der Waals surface area contributed by atoms with Gasteiger partial charge >= 0.3 is 0 Å². The van der Waals surface area contributed by atoms with Gasteiger partial charge in [0.25, 0.3) is 0 Å². The number of imidazole rings is 1. The number of hydrogen-bond acceptors (Lipinski definition) is 8. The first kappa shape index (κ1) is 13.9. The standard InChI is InChI=1S/C14H13N9O/c1-7-17-12(15)21-13(18-7)23-10-3-2-8(24)6-9(10)19-14(23)20-11-4-5-16-22-11/h2-6,24H,1H3,(H2,15,17,18,21)(H2,16,19,20,22). The normalized spacial score (nSPS) is 11.0. The van der Waals surface area contributed by atoms with Gasteiger partial charge in [0.05, 0.1) is 17.2 Å². The summed E-state index contributed by atoms with van der Waals surface area (Å²) in [6.07, 6.45) is 1.62. The number of benzene rings is 1. The van der Waals surface area contributed by atoms with Crippen molar-refractivity contribution in [1.29, 1.82) is 0 Å². The third-order valence-electron chi connectivity index (χ3n) is 3.34. The quantitative estimate of drug-likeness (QED) is 0.441. The first-order chi connectivity index (χ1) is 11.6. The molecule has 0 spiro atoms. The topological polar surface area (TPSA) is 143 Å². The average Bonchev–Trinajstić information content (AvgIpc) is 3.13. The van der Waals surface area contributed by atoms with E-state index >= 15 is 0 Å². The van der Waals surface area contributed by atoms with Crippen LogP contribution in [0.2, 0.25) is 0 Å². The molecule has 3 heterocycles. The minimum absolute atomic E-state index is 0.116. The lowest BCUT2D eigenvalue weighted by Crippen LogP contribution is -2.10. The molecular formula is C14H13N9O. The third-order valence-corrected chi connectivity index (χ3v) is 3.34. The second kappa shape index (κ2) is 5.19. The summed E-state index contributed by atoms with van der Waals surface area (Å²) in [7, 11) is 0. The van der Waals surface area contributed by atoms with Crippen molar-refractivity contribution in [2.24, 2.45) is 0 Å². The summed E-state index contributed by atoms with van der Waals surface area (Å²) in [6, 6.07) is 6.61. The van der Waals surface area contributed by atoms with Gasteiger partial charge in [0.2, 0.25) is 17.8 Å². The zero-order chi connectivity index (χ0) is 16.7. The van der Waals surface area contributed by atoms with Gasteiger partial charge in [-0.05, 0) is 19.1 Å². The second-order valence-corrected chi connectivity index (χ2v) is 5.08. The number of rotatable bonds is 3. The van der Waals surface area contributed by atoms with Crippen LogP contribution in [0.3, 0.4) is 0 Å². The number of H-pyrrole nitrogens is 1. The molecule has 0 amide bonds. The van der Waals surface area contributed by atoms with Crippen LogP contribution in [0.25, 0.3) is 17.0 Å². The number of aromatic nitrogens is 7. The Labute approximate surface area is 135 Å². The summed E-state index contributed by atoms with van der Waals surface area (Å²) < 4.78 is 1.70. The van der Waals surface area contributed by atoms with Gasteiger partial charge in [-0.15, -0.1) is 0 Å². The molecule has 0 fully saturated rings. The van der Waals surface area contributed by atoms with E-state index < -0.39 is 0 Å². The molecule has 0 radical (unpaired) electrons. The first-order valence-electron chi connectivity index (χ1n) is 7.06. The fourth-order valence-corrected chi connectivity index (χ4v) is 2.39. The Morgan fingerprint density at radius 2 is 2.04 bits per heavy atom. The molecule has 0 aliphatic heterocycles. The zero-order valence-corrected chi connectivity index (χ0v) is 12.6. The Morgan fingerprint density at radius 3 is 2.79 bits per heavy atom. The SMILES string of the molecule is Cc1nc(N)nc(-n2c(Nc3ccn[nH]3)nc3cc(O)ccc32)n1. The van der Waals surface area contributed by atoms with Crippen LogP contribution < -0.4 is 11.1 Å². The highest BCUT2D eigenvalue weighted by atomic mass is 16.3. The molecular weight excluding hydrogens is 310 g/mol. The van der Waals surface area contributed by atoms with Crippen LogP contribution in [0.4, 0.5) is 17.7 Å². The number of phenols is 1. The van der Waals surface area contributed by atoms with Crippen LogP contribution in [-0.2, 0) is 0 Å². The van der Waals surface area contributed by atoms with Gasteiger partial charge in [-0.3, -0.25) is 5.10 Å². The van der Waals surface area contributed by atoms with Crippen LogP contribution in [0, 0.1) is 6.92 Å². The molecule has 10 nitrogen and oxygen atoms in total. The number of nitrogens with one attached hydrogen (secondary N) is 2. The lowest BCUT2D eigenvalue weighted by Gasteiger charge is -2.09. The Bertz CT molecular complexity index is 1000. The molecule has 3 aromatic heterocycles. The van der Waals surface area contributed by atoms with E-state index in [1.54, 1.807) is 42.0 Å². The molecule has 10 heteroatoms. The molecule has 0 unspecified atom stereocenters. The van der Waals surface area contributed by atoms with Gasteiger partial charge in [0, 0.05) is 12.1 Å². The van der Waals surface area contributed by atoms with Crippen molar-refractivity contribution in [2.75, 3.05) is 11.1 Å². The van der Waals surface area contributed by atoms with Gasteiger partial charge in [-0.2, -0.15) is 20.1 Å². The molecule has 0 saturated heterocycles. The number of nitrogen functional groups attached to an aromatic ring is 1. The van der Waals surface area contributed by atoms with E-state index in [2.05, 4.69) is 35.5 Å². The highest BCUT2D eigenvalue weighted by Gasteiger charge is 2.16. The molecule has 120 valence electrons. The minimum Gasteiger partial charge on any atom is -0.508 e. The summed E-state index contributed by atoms with van der Waals surface area (Å²) >= 11 is 0. The Kier molecular flexibility index (Phi) is 3.02. The zero-order valence-electron chi connectivity index (χ0n) is 12.6. The molecule has 0 atom stereocenters. The van der Waals surface area contributed by atoms with Crippen molar-refractivity contribution in [3.8, 4) is 11.7 Å². The van der Waals surface area contributed by atoms with Gasteiger partial charge in [0.1, 0.15) is 17.4 Å². The number of hydrogen-bond donors (Lipinski definition) is 4. The number of phenolic OH excluding ortho intramolecular Hbond substituents is 1. The Morgan fingerprint density at radius 1 is 1.17 bits per heavy atom. The van der Waals surface area contributed by atoms with Gasteiger partial charge in [-0.25, -0.2) is 9.55 Å². The number of nitrogens with two attached hydrogens (primary N) is 1. The number of fused-ring (bicyclic) bond motifs is 1. The summed E-state index contributed by atoms with van der Waals surface area (Å²) in [5, 5.41) is 19.5. The van der Waals surface area contributed by atoms with Crippen molar-refractivity contribution in [3.05, 3.63) is 36.3 Å². The summed E-state index contributed by atoms with van der Waals surface area (Å²) in [6.45, 7) is 1.73. The summed E-state index contributed by atoms with van der Waals surface area (Å²) in [5.41, 5.74) is 7.03. The molecule has 5 N–H and O–H groups in total. The molecule has 4 aromatic rings. The van der Waals surface area contributed by atoms with Crippen molar-refractivity contribution >= 4 is 28.7 Å². The van der Waals surface area contributed by atoms with E-state index in [9.17, 15) is 5.11 Å². The van der Waals surface area contributed by atoms with Crippen LogP contribution in [-0.4, -0.2) is 39.8 Å². The number of anilines is 3. The molecule has 0 aliphatic carbocycles. The maximum absolute atomic E-state index is 9.70. The molecule has 24 heavy (non-hydrogen) atoms. The predicted octanol–water partition coefficient (Wildman–Crippen LogP) is 1.27. The van der Waals surface area contributed by atoms with E-state index in [0.29, 0.717) is 34.6 Å². The summed E-state index contributed by atoms with van der Waals surface area (Å²) in [5.74, 6) is 2.15. The van der Waals surface area contributed by atoms with Crippen LogP contribution in [0.1, 0.15) is 5.82 Å². The number of aryl methyl sites for hydroxylation is 1. The van der Waals surface area contributed by atoms with Gasteiger partial charge < -0.3 is 16.2 Å². The largest absolute Gasteiger partial charge is 0.508 e. The third kappa shape index (κ3) is 2.35. The highest BCUT2D eigenvalue weighted by molar-refractivity contribution is 5.82. The van der Waals surface area contributed by atoms with E-state index in [1.807, 2.05) is 0 Å². The highest BCUT2D eigenvalue weighted by Crippen LogP contribution is 2.27. The van der Waals surface area contributed by atoms with Crippen LogP contribution >= 0.6 is 0 Å². The first-order valence-corrected chi connectivity index (χ1v) is 7.06. The van der Waals surface area contributed by atoms with E-state index in [0.717, 1.165) is 0 Å². The van der Waals surface area contributed by atoms with Crippen molar-refractivity contribution in [3.63, 3.8) is 0 Å². The monoisotopic (exact) mass is 323 g/mol. The van der Waals surface area contributed by atoms with Crippen molar-refractivity contribution in [1.82, 2.24) is 34.7 Å². The Balaban J connectivity index is 1.96. The number of nitrogens with zero attached hydrogens (tertiary/aromatic N) is 6. The van der Waals surface area contributed by atoms with Crippen molar-refractivity contribution in [2.45, 2.75) is 6.92 Å². The molecule has 0 bridgehead atoms. The van der Waals surface area contributed by atoms with E-state index in [4.69, 9.17) is 5.73 Å². The Hall–Kier alpha value is -3.69. The smallest absolute Gasteiger partial charge is 0.242 e. The van der Waals surface area contributed by atoms with E-state index in [1.165, 1.54) is 0 Å². The molecule has 0 aliphatic rings. The number of aromatic hydroxyl groups is 1. The summed E-state index contributed by atoms with van der Waals surface area (Å²) in [4.78, 5) is 17.0. The van der Waals surface area contributed by atoms with E-state index in [-0.39, 0.29) is 11.7 Å². The average molecular weight is 323 g/mol. The number of aromatic amines is 1. The molecule has 4 rings (SSSR count). The maximum Gasteiger partial charge on any atom is 0.242 e. The molecule has 0 saturated carbocycles. The minimum atomic E-state index is 0.116. The lowest BCUT2D eigenvalue weighted by molar-refractivity contribution is 0.476. The maximum atomic E-state index is 9.70. The lowest BCUT2D eigenvalue weighted by atomic mass is 10.3. The second-order valence-electron chi connectivity index (χ2n) is 5.08. The van der Waals surface area contributed by atoms with Gasteiger partial charge in [-0.1, -0.05) is 0 Å². The predicted molar refractivity (Wildman–Crippen MR) is 87.1 cm³/mol.